The summed E-state index contributed by atoms with van der Waals surface area (Å²) in [6, 6.07) is 14.6. The molecule has 6 nitrogen and oxygen atoms in total. The van der Waals surface area contributed by atoms with E-state index in [0.717, 1.165) is 11.4 Å². The highest BCUT2D eigenvalue weighted by Gasteiger charge is 2.26. The van der Waals surface area contributed by atoms with Crippen molar-refractivity contribution in [2.75, 3.05) is 19.0 Å². The highest BCUT2D eigenvalue weighted by Crippen LogP contribution is 2.23. The van der Waals surface area contributed by atoms with Gasteiger partial charge in [-0.15, -0.1) is 0 Å². The first-order valence-corrected chi connectivity index (χ1v) is 8.35. The molecule has 0 aliphatic rings. The van der Waals surface area contributed by atoms with Crippen LogP contribution in [0.4, 0.5) is 11.4 Å². The lowest BCUT2D eigenvalue weighted by Crippen LogP contribution is -2.32. The molecular formula is C20H24N2O4. The van der Waals surface area contributed by atoms with Crippen molar-refractivity contribution >= 4 is 23.3 Å². The number of carbonyl (C=O) groups is 2. The number of carbonyl (C=O) groups excluding carboxylic acids is 1. The van der Waals surface area contributed by atoms with Crippen LogP contribution >= 0.6 is 0 Å². The number of methoxy groups -OCH3 is 1. The van der Waals surface area contributed by atoms with Crippen LogP contribution in [0.15, 0.2) is 48.5 Å². The maximum Gasteiger partial charge on any atom is 0.309 e. The van der Waals surface area contributed by atoms with Crippen molar-refractivity contribution in [3.05, 3.63) is 54.1 Å². The lowest BCUT2D eigenvalue weighted by Gasteiger charge is -2.19. The molecule has 0 fully saturated rings. The Morgan fingerprint density at radius 3 is 2.35 bits per heavy atom. The standard InChI is InChI=1S/C20H24N2O4/c1-20(2,19(24)25)12-13-21-18(23)16-6-4-5-7-17(16)22-14-8-10-15(26-3)11-9-14/h4-11,22H,12-13H2,1-3H3,(H,21,23)(H,24,25). The van der Waals surface area contributed by atoms with E-state index in [1.807, 2.05) is 36.4 Å². The van der Waals surface area contributed by atoms with E-state index in [1.165, 1.54) is 0 Å². The fourth-order valence-electron chi connectivity index (χ4n) is 2.31. The molecule has 0 heterocycles. The van der Waals surface area contributed by atoms with Crippen LogP contribution in [-0.4, -0.2) is 30.6 Å². The van der Waals surface area contributed by atoms with Crippen molar-refractivity contribution in [1.29, 1.82) is 0 Å². The smallest absolute Gasteiger partial charge is 0.309 e. The average Bonchev–Trinajstić information content (AvgIpc) is 2.62. The van der Waals surface area contributed by atoms with E-state index in [-0.39, 0.29) is 12.5 Å². The van der Waals surface area contributed by atoms with E-state index < -0.39 is 11.4 Å². The number of ether oxygens (including phenoxy) is 1. The Bertz CT molecular complexity index is 770. The van der Waals surface area contributed by atoms with E-state index in [2.05, 4.69) is 10.6 Å². The Morgan fingerprint density at radius 1 is 1.08 bits per heavy atom. The number of para-hydroxylation sites is 1. The molecule has 2 aromatic carbocycles. The largest absolute Gasteiger partial charge is 0.497 e. The number of anilines is 2. The van der Waals surface area contributed by atoms with Crippen molar-refractivity contribution < 1.29 is 19.4 Å². The van der Waals surface area contributed by atoms with Crippen LogP contribution in [0, 0.1) is 5.41 Å². The Labute approximate surface area is 153 Å². The predicted octanol–water partition coefficient (Wildman–Crippen LogP) is 3.67. The summed E-state index contributed by atoms with van der Waals surface area (Å²) in [4.78, 5) is 23.6. The first-order chi connectivity index (χ1) is 12.3. The van der Waals surface area contributed by atoms with Gasteiger partial charge in [0.25, 0.3) is 5.91 Å². The van der Waals surface area contributed by atoms with E-state index >= 15 is 0 Å². The molecule has 0 aromatic heterocycles. The van der Waals surface area contributed by atoms with Gasteiger partial charge in [0, 0.05) is 12.2 Å². The quantitative estimate of drug-likeness (QED) is 0.672. The van der Waals surface area contributed by atoms with Crippen LogP contribution in [0.1, 0.15) is 30.6 Å². The monoisotopic (exact) mass is 356 g/mol. The molecule has 138 valence electrons. The first kappa shape index (κ1) is 19.3. The van der Waals surface area contributed by atoms with Gasteiger partial charge in [0.05, 0.1) is 23.8 Å². The molecule has 1 amide bonds. The Kier molecular flexibility index (Phi) is 6.22. The molecule has 0 unspecified atom stereocenters. The van der Waals surface area contributed by atoms with Gasteiger partial charge in [-0.3, -0.25) is 9.59 Å². The second-order valence-corrected chi connectivity index (χ2v) is 6.59. The molecule has 3 N–H and O–H groups in total. The fraction of sp³-hybridized carbons (Fsp3) is 0.300. The molecule has 0 saturated carbocycles. The summed E-state index contributed by atoms with van der Waals surface area (Å²) in [5.74, 6) is -0.376. The number of hydrogen-bond acceptors (Lipinski definition) is 4. The molecular weight excluding hydrogens is 332 g/mol. The molecule has 0 spiro atoms. The minimum absolute atomic E-state index is 0.247. The number of carboxylic acid groups (broad SMARTS) is 1. The third-order valence-corrected chi connectivity index (χ3v) is 4.16. The molecule has 2 rings (SSSR count). The van der Waals surface area contributed by atoms with Gasteiger partial charge in [0.1, 0.15) is 5.75 Å². The lowest BCUT2D eigenvalue weighted by molar-refractivity contribution is -0.147. The summed E-state index contributed by atoms with van der Waals surface area (Å²) in [5, 5.41) is 15.1. The van der Waals surface area contributed by atoms with E-state index in [9.17, 15) is 9.59 Å². The number of nitrogens with one attached hydrogen (secondary N) is 2. The van der Waals surface area contributed by atoms with Gasteiger partial charge in [0.2, 0.25) is 0 Å². The van der Waals surface area contributed by atoms with Crippen molar-refractivity contribution in [3.63, 3.8) is 0 Å². The Balaban J connectivity index is 2.05. The van der Waals surface area contributed by atoms with Crippen LogP contribution in [0.3, 0.4) is 0 Å². The SMILES string of the molecule is COc1ccc(Nc2ccccc2C(=O)NCCC(C)(C)C(=O)O)cc1. The molecule has 26 heavy (non-hydrogen) atoms. The number of aliphatic carboxylic acids is 1. The number of hydrogen-bond donors (Lipinski definition) is 3. The molecule has 0 aliphatic carbocycles. The Morgan fingerprint density at radius 2 is 1.73 bits per heavy atom. The number of rotatable bonds is 8. The van der Waals surface area contributed by atoms with Crippen molar-refractivity contribution in [3.8, 4) is 5.75 Å². The molecule has 0 bridgehead atoms. The van der Waals surface area contributed by atoms with Crippen molar-refractivity contribution in [2.45, 2.75) is 20.3 Å². The summed E-state index contributed by atoms with van der Waals surface area (Å²) >= 11 is 0. The summed E-state index contributed by atoms with van der Waals surface area (Å²) in [6.07, 6.45) is 0.349. The van der Waals surface area contributed by atoms with Gasteiger partial charge in [-0.25, -0.2) is 0 Å². The van der Waals surface area contributed by atoms with Crippen LogP contribution in [0.25, 0.3) is 0 Å². The molecule has 0 saturated heterocycles. The van der Waals surface area contributed by atoms with Crippen LogP contribution in [0.5, 0.6) is 5.75 Å². The molecule has 6 heteroatoms. The number of carboxylic acids is 1. The van der Waals surface area contributed by atoms with Gasteiger partial charge < -0.3 is 20.5 Å². The van der Waals surface area contributed by atoms with E-state index in [4.69, 9.17) is 9.84 Å². The molecule has 2 aromatic rings. The molecule has 0 aliphatic heterocycles. The maximum absolute atomic E-state index is 12.5. The predicted molar refractivity (Wildman–Crippen MR) is 101 cm³/mol. The van der Waals surface area contributed by atoms with Crippen molar-refractivity contribution in [1.82, 2.24) is 5.32 Å². The molecule has 0 atom stereocenters. The average molecular weight is 356 g/mol. The van der Waals surface area contributed by atoms with E-state index in [1.54, 1.807) is 33.1 Å². The summed E-state index contributed by atoms with van der Waals surface area (Å²) in [6.45, 7) is 3.57. The van der Waals surface area contributed by atoms with Crippen LogP contribution < -0.4 is 15.4 Å². The van der Waals surface area contributed by atoms with Crippen LogP contribution in [0.2, 0.25) is 0 Å². The lowest BCUT2D eigenvalue weighted by atomic mass is 9.89. The highest BCUT2D eigenvalue weighted by atomic mass is 16.5. The topological polar surface area (TPSA) is 87.7 Å². The van der Waals surface area contributed by atoms with Gasteiger partial charge >= 0.3 is 5.97 Å². The van der Waals surface area contributed by atoms with Crippen molar-refractivity contribution in [2.24, 2.45) is 5.41 Å². The second kappa shape index (κ2) is 8.38. The van der Waals surface area contributed by atoms with Gasteiger partial charge in [-0.2, -0.15) is 0 Å². The normalized spacial score (nSPS) is 10.9. The van der Waals surface area contributed by atoms with Crippen LogP contribution in [-0.2, 0) is 4.79 Å². The van der Waals surface area contributed by atoms with Gasteiger partial charge in [-0.1, -0.05) is 12.1 Å². The highest BCUT2D eigenvalue weighted by molar-refractivity contribution is 6.00. The third-order valence-electron chi connectivity index (χ3n) is 4.16. The zero-order valence-corrected chi connectivity index (χ0v) is 15.2. The Hall–Kier alpha value is -3.02. The summed E-state index contributed by atoms with van der Waals surface area (Å²) in [5.41, 5.74) is 1.12. The summed E-state index contributed by atoms with van der Waals surface area (Å²) < 4.78 is 5.14. The van der Waals surface area contributed by atoms with Gasteiger partial charge in [-0.05, 0) is 56.7 Å². The minimum Gasteiger partial charge on any atom is -0.497 e. The first-order valence-electron chi connectivity index (χ1n) is 8.35. The maximum atomic E-state index is 12.5. The third kappa shape index (κ3) is 4.99. The summed E-state index contributed by atoms with van der Waals surface area (Å²) in [7, 11) is 1.60. The zero-order chi connectivity index (χ0) is 19.2. The fourth-order valence-corrected chi connectivity index (χ4v) is 2.31. The second-order valence-electron chi connectivity index (χ2n) is 6.59. The zero-order valence-electron chi connectivity index (χ0n) is 15.2. The minimum atomic E-state index is -0.881. The van der Waals surface area contributed by atoms with Gasteiger partial charge in [0.15, 0.2) is 0 Å². The molecule has 0 radical (unpaired) electrons. The number of amides is 1. The van der Waals surface area contributed by atoms with E-state index in [0.29, 0.717) is 17.7 Å². The number of benzene rings is 2.